The van der Waals surface area contributed by atoms with Crippen molar-refractivity contribution in [2.75, 3.05) is 58.5 Å². The Kier molecular flexibility index (Phi) is 10.9. The van der Waals surface area contributed by atoms with Crippen LogP contribution in [0.3, 0.4) is 0 Å². The second-order valence-electron chi connectivity index (χ2n) is 9.80. The smallest absolute Gasteiger partial charge is 0.254 e. The predicted octanol–water partition coefficient (Wildman–Crippen LogP) is 3.51. The molecule has 37 heavy (non-hydrogen) atoms. The molecule has 0 aliphatic carbocycles. The van der Waals surface area contributed by atoms with Gasteiger partial charge in [0.2, 0.25) is 5.91 Å². The van der Waals surface area contributed by atoms with Crippen molar-refractivity contribution in [2.24, 2.45) is 5.92 Å². The van der Waals surface area contributed by atoms with Gasteiger partial charge in [-0.3, -0.25) is 9.59 Å². The molecule has 1 aromatic heterocycles. The number of anilines is 1. The first-order valence-electron chi connectivity index (χ1n) is 12.9. The zero-order chi connectivity index (χ0) is 26.8. The van der Waals surface area contributed by atoms with Gasteiger partial charge in [0.25, 0.3) is 11.8 Å². The maximum atomic E-state index is 14.4. The summed E-state index contributed by atoms with van der Waals surface area (Å²) in [7, 11) is 2.98. The molecule has 2 aromatic rings. The molecule has 0 spiro atoms. The van der Waals surface area contributed by atoms with Gasteiger partial charge in [0.05, 0.1) is 7.11 Å². The number of methoxy groups -OCH3 is 2. The van der Waals surface area contributed by atoms with E-state index in [1.807, 2.05) is 0 Å². The minimum Gasteiger partial charge on any atom is -0.479 e. The topological polar surface area (TPSA) is 88.4 Å². The molecule has 9 nitrogen and oxygen atoms in total. The molecule has 0 saturated heterocycles. The van der Waals surface area contributed by atoms with E-state index < -0.39 is 5.82 Å². The van der Waals surface area contributed by atoms with Crippen molar-refractivity contribution >= 4 is 17.5 Å². The van der Waals surface area contributed by atoms with E-state index in [0.29, 0.717) is 48.3 Å². The van der Waals surface area contributed by atoms with Crippen LogP contribution >= 0.6 is 0 Å². The summed E-state index contributed by atoms with van der Waals surface area (Å²) in [5.74, 6) is 0.746. The van der Waals surface area contributed by atoms with Gasteiger partial charge in [-0.25, -0.2) is 4.39 Å². The first kappa shape index (κ1) is 28.6. The molecule has 0 radical (unpaired) electrons. The van der Waals surface area contributed by atoms with Crippen molar-refractivity contribution in [3.05, 3.63) is 41.4 Å². The lowest BCUT2D eigenvalue weighted by Crippen LogP contribution is -2.40. The highest BCUT2D eigenvalue weighted by atomic mass is 19.1. The largest absolute Gasteiger partial charge is 0.479 e. The molecule has 2 amide bonds. The average Bonchev–Trinajstić information content (AvgIpc) is 3.32. The molecular weight excluding hydrogens is 479 g/mol. The summed E-state index contributed by atoms with van der Waals surface area (Å²) in [5.41, 5.74) is 1.20. The van der Waals surface area contributed by atoms with E-state index >= 15 is 0 Å². The molecule has 0 N–H and O–H groups in total. The van der Waals surface area contributed by atoms with E-state index in [1.165, 1.54) is 26.4 Å². The fourth-order valence-electron chi connectivity index (χ4n) is 4.67. The number of amides is 2. The van der Waals surface area contributed by atoms with Crippen LogP contribution in [-0.4, -0.2) is 80.3 Å². The van der Waals surface area contributed by atoms with Crippen LogP contribution in [0, 0.1) is 11.7 Å². The number of nitrogens with zero attached hydrogens (tertiary/aromatic N) is 4. The van der Waals surface area contributed by atoms with Gasteiger partial charge in [-0.1, -0.05) is 13.8 Å². The number of hydrogen-bond donors (Lipinski definition) is 0. The lowest BCUT2D eigenvalue weighted by atomic mass is 10.1. The number of ether oxygens (including phenoxy) is 2. The Morgan fingerprint density at radius 2 is 1.84 bits per heavy atom. The van der Waals surface area contributed by atoms with Crippen LogP contribution in [0.4, 0.5) is 10.1 Å². The summed E-state index contributed by atoms with van der Waals surface area (Å²) in [6.07, 6.45) is 2.17. The van der Waals surface area contributed by atoms with E-state index in [-0.39, 0.29) is 31.4 Å². The van der Waals surface area contributed by atoms with E-state index in [9.17, 15) is 14.0 Å². The third-order valence-electron chi connectivity index (χ3n) is 6.33. The minimum absolute atomic E-state index is 0.0736. The second-order valence-corrected chi connectivity index (χ2v) is 9.80. The predicted molar refractivity (Wildman–Crippen MR) is 138 cm³/mol. The zero-order valence-electron chi connectivity index (χ0n) is 22.4. The van der Waals surface area contributed by atoms with E-state index in [2.05, 4.69) is 23.9 Å². The van der Waals surface area contributed by atoms with Crippen LogP contribution in [0.5, 0.6) is 5.88 Å². The van der Waals surface area contributed by atoms with Crippen LogP contribution in [0.15, 0.2) is 28.8 Å². The normalized spacial score (nSPS) is 15.7. The van der Waals surface area contributed by atoms with Gasteiger partial charge in [-0.05, 0) is 60.8 Å². The van der Waals surface area contributed by atoms with Crippen molar-refractivity contribution in [1.82, 2.24) is 15.0 Å². The Balaban J connectivity index is 1.87. The van der Waals surface area contributed by atoms with Crippen LogP contribution < -0.4 is 9.64 Å². The molecular formula is C27H39FN4O5. The second kappa shape index (κ2) is 14.1. The molecule has 0 saturated carbocycles. The summed E-state index contributed by atoms with van der Waals surface area (Å²) in [5, 5.41) is 3.79. The number of aryl methyl sites for hydroxylation is 1. The van der Waals surface area contributed by atoms with Gasteiger partial charge < -0.3 is 28.7 Å². The Labute approximate surface area is 218 Å². The van der Waals surface area contributed by atoms with Crippen molar-refractivity contribution in [1.29, 1.82) is 0 Å². The number of halogens is 1. The Morgan fingerprint density at radius 1 is 1.08 bits per heavy atom. The summed E-state index contributed by atoms with van der Waals surface area (Å²) >= 11 is 0. The Morgan fingerprint density at radius 3 is 2.51 bits per heavy atom. The fourth-order valence-corrected chi connectivity index (χ4v) is 4.67. The number of rotatable bonds is 8. The fraction of sp³-hybridized carbons (Fsp3) is 0.593. The summed E-state index contributed by atoms with van der Waals surface area (Å²) in [4.78, 5) is 32.2. The number of aromatic nitrogens is 1. The van der Waals surface area contributed by atoms with Gasteiger partial charge in [-0.2, -0.15) is 0 Å². The molecule has 0 unspecified atom stereocenters. The minimum atomic E-state index is -0.408. The Bertz CT molecular complexity index is 1030. The van der Waals surface area contributed by atoms with Gasteiger partial charge >= 0.3 is 0 Å². The van der Waals surface area contributed by atoms with E-state index in [1.54, 1.807) is 21.9 Å². The highest BCUT2D eigenvalue weighted by molar-refractivity contribution is 5.95. The maximum Gasteiger partial charge on any atom is 0.254 e. The third kappa shape index (κ3) is 8.53. The first-order valence-corrected chi connectivity index (χ1v) is 12.9. The summed E-state index contributed by atoms with van der Waals surface area (Å²) in [6.45, 7) is 8.10. The monoisotopic (exact) mass is 518 g/mol. The van der Waals surface area contributed by atoms with Crippen LogP contribution in [0.25, 0.3) is 0 Å². The molecule has 0 fully saturated rings. The molecule has 0 atom stereocenters. The van der Waals surface area contributed by atoms with Crippen LogP contribution in [-0.2, 0) is 27.3 Å². The molecule has 10 heteroatoms. The van der Waals surface area contributed by atoms with Crippen molar-refractivity contribution in [3.63, 3.8) is 0 Å². The van der Waals surface area contributed by atoms with E-state index in [4.69, 9.17) is 14.0 Å². The van der Waals surface area contributed by atoms with Crippen LogP contribution in [0.2, 0.25) is 0 Å². The first-order chi connectivity index (χ1) is 17.8. The average molecular weight is 519 g/mol. The lowest BCUT2D eigenvalue weighted by Gasteiger charge is -2.32. The van der Waals surface area contributed by atoms with Gasteiger partial charge in [0, 0.05) is 57.9 Å². The molecule has 1 aromatic carbocycles. The summed E-state index contributed by atoms with van der Waals surface area (Å²) < 4.78 is 29.8. The van der Waals surface area contributed by atoms with Crippen molar-refractivity contribution in [3.8, 4) is 5.88 Å². The van der Waals surface area contributed by atoms with E-state index in [0.717, 1.165) is 32.5 Å². The third-order valence-corrected chi connectivity index (χ3v) is 6.33. The number of carbonyl (C=O) groups excluding carboxylic acids is 2. The highest BCUT2D eigenvalue weighted by Crippen LogP contribution is 2.26. The van der Waals surface area contributed by atoms with Gasteiger partial charge in [-0.15, -0.1) is 0 Å². The quantitative estimate of drug-likeness (QED) is 0.528. The molecule has 0 bridgehead atoms. The summed E-state index contributed by atoms with van der Waals surface area (Å²) in [6, 6.07) is 6.06. The number of hydrogen-bond acceptors (Lipinski definition) is 7. The van der Waals surface area contributed by atoms with Gasteiger partial charge in [0.15, 0.2) is 0 Å². The van der Waals surface area contributed by atoms with Crippen molar-refractivity contribution in [2.45, 2.75) is 46.1 Å². The molecule has 1 aliphatic heterocycles. The highest BCUT2D eigenvalue weighted by Gasteiger charge is 2.24. The lowest BCUT2D eigenvalue weighted by molar-refractivity contribution is -0.132. The van der Waals surface area contributed by atoms with Gasteiger partial charge in [0.1, 0.15) is 18.2 Å². The molecule has 3 rings (SSSR count). The molecule has 2 heterocycles. The number of fused-ring (bicyclic) bond motifs is 1. The number of benzene rings is 1. The standard InChI is InChI=1S/C27H39FN4O5/c1-20(2)17-30-11-5-13-31(26(33)10-8-23-16-25(36-4)29-37-23)18-21-15-22(28)7-9-24(21)32(14-6-12-30)27(34)19-35-3/h7,9,15-16,20H,5-6,8,10-14,17-19H2,1-4H3. The van der Waals surface area contributed by atoms with Crippen LogP contribution in [0.1, 0.15) is 44.4 Å². The zero-order valence-corrected chi connectivity index (χ0v) is 22.4. The SMILES string of the molecule is COCC(=O)N1CCCN(CC(C)C)CCCN(C(=O)CCc2cc(OC)no2)Cc2cc(F)ccc21. The molecule has 204 valence electrons. The molecule has 1 aliphatic rings. The Hall–Kier alpha value is -2.98. The number of carbonyl (C=O) groups is 2. The maximum absolute atomic E-state index is 14.4. The van der Waals surface area contributed by atoms with Crippen molar-refractivity contribution < 1.29 is 28.0 Å².